The van der Waals surface area contributed by atoms with Gasteiger partial charge in [0.2, 0.25) is 5.91 Å². The van der Waals surface area contributed by atoms with Gasteiger partial charge in [-0.1, -0.05) is 56.1 Å². The maximum atomic E-state index is 12.8. The quantitative estimate of drug-likeness (QED) is 0.674. The molecule has 0 N–H and O–H groups in total. The summed E-state index contributed by atoms with van der Waals surface area (Å²) in [4.78, 5) is 19.0. The summed E-state index contributed by atoms with van der Waals surface area (Å²) in [5, 5.41) is 1.25. The minimum absolute atomic E-state index is 0.0582. The second-order valence-corrected chi connectivity index (χ2v) is 8.20. The Labute approximate surface area is 160 Å². The summed E-state index contributed by atoms with van der Waals surface area (Å²) in [6.07, 6.45) is 2.92. The molecule has 5 heteroatoms. The van der Waals surface area contributed by atoms with E-state index in [0.717, 1.165) is 11.3 Å². The van der Waals surface area contributed by atoms with E-state index in [1.165, 1.54) is 0 Å². The summed E-state index contributed by atoms with van der Waals surface area (Å²) < 4.78 is 0. The molecule has 0 aliphatic rings. The van der Waals surface area contributed by atoms with Crippen LogP contribution >= 0.6 is 23.2 Å². The molecule has 0 radical (unpaired) electrons. The Hall–Kier alpha value is -1.58. The van der Waals surface area contributed by atoms with Crippen LogP contribution in [0, 0.1) is 5.41 Å². The van der Waals surface area contributed by atoms with Crippen molar-refractivity contribution in [3.63, 3.8) is 0 Å². The van der Waals surface area contributed by atoms with E-state index < -0.39 is 0 Å². The number of pyridine rings is 1. The lowest BCUT2D eigenvalue weighted by molar-refractivity contribution is -0.133. The Morgan fingerprint density at radius 3 is 2.52 bits per heavy atom. The number of aromatic nitrogens is 1. The van der Waals surface area contributed by atoms with Gasteiger partial charge in [-0.15, -0.1) is 0 Å². The van der Waals surface area contributed by atoms with Gasteiger partial charge in [0, 0.05) is 29.2 Å². The zero-order chi connectivity index (χ0) is 18.4. The number of carbonyl (C=O) groups is 1. The largest absolute Gasteiger partial charge is 0.336 e. The highest BCUT2D eigenvalue weighted by molar-refractivity contribution is 6.35. The molecule has 134 valence electrons. The molecule has 0 unspecified atom stereocenters. The van der Waals surface area contributed by atoms with Gasteiger partial charge in [-0.2, -0.15) is 0 Å². The van der Waals surface area contributed by atoms with Gasteiger partial charge in [-0.05, 0) is 41.7 Å². The molecule has 3 nitrogen and oxygen atoms in total. The molecular weight excluding hydrogens is 355 g/mol. The van der Waals surface area contributed by atoms with Gasteiger partial charge in [0.15, 0.2) is 0 Å². The Morgan fingerprint density at radius 1 is 1.16 bits per heavy atom. The molecule has 0 spiro atoms. The molecule has 1 amide bonds. The highest BCUT2D eigenvalue weighted by Gasteiger charge is 2.22. The van der Waals surface area contributed by atoms with Crippen LogP contribution in [-0.2, 0) is 17.8 Å². The molecule has 25 heavy (non-hydrogen) atoms. The Kier molecular flexibility index (Phi) is 6.86. The summed E-state index contributed by atoms with van der Waals surface area (Å²) in [7, 11) is 0. The lowest BCUT2D eigenvalue weighted by atomic mass is 9.91. The molecule has 0 bridgehead atoms. The topological polar surface area (TPSA) is 33.2 Å². The van der Waals surface area contributed by atoms with E-state index in [1.54, 1.807) is 12.3 Å². The van der Waals surface area contributed by atoms with Crippen LogP contribution in [0.3, 0.4) is 0 Å². The third-order valence-electron chi connectivity index (χ3n) is 3.78. The predicted molar refractivity (Wildman–Crippen MR) is 104 cm³/mol. The molecule has 0 saturated carbocycles. The van der Waals surface area contributed by atoms with Crippen molar-refractivity contribution in [1.82, 2.24) is 9.88 Å². The first-order valence-electron chi connectivity index (χ1n) is 8.36. The maximum Gasteiger partial charge on any atom is 0.223 e. The third kappa shape index (κ3) is 6.68. The number of amides is 1. The number of hydrogen-bond donors (Lipinski definition) is 0. The number of halogens is 2. The highest BCUT2D eigenvalue weighted by atomic mass is 35.5. The van der Waals surface area contributed by atoms with Gasteiger partial charge >= 0.3 is 0 Å². The van der Waals surface area contributed by atoms with E-state index in [0.29, 0.717) is 36.0 Å². The summed E-state index contributed by atoms with van der Waals surface area (Å²) in [6, 6.07) is 11.2. The summed E-state index contributed by atoms with van der Waals surface area (Å²) >= 11 is 12.2. The van der Waals surface area contributed by atoms with E-state index in [2.05, 4.69) is 25.8 Å². The van der Waals surface area contributed by atoms with E-state index in [1.807, 2.05) is 35.2 Å². The van der Waals surface area contributed by atoms with Crippen molar-refractivity contribution in [2.24, 2.45) is 5.41 Å². The van der Waals surface area contributed by atoms with Crippen LogP contribution in [0.15, 0.2) is 42.6 Å². The minimum Gasteiger partial charge on any atom is -0.336 e. The van der Waals surface area contributed by atoms with Crippen molar-refractivity contribution in [3.8, 4) is 0 Å². The number of hydrogen-bond acceptors (Lipinski definition) is 2. The van der Waals surface area contributed by atoms with Crippen molar-refractivity contribution >= 4 is 29.1 Å². The molecule has 0 aliphatic carbocycles. The summed E-state index contributed by atoms with van der Waals surface area (Å²) in [5.41, 5.74) is 1.81. The fourth-order valence-electron chi connectivity index (χ4n) is 2.52. The molecule has 1 heterocycles. The number of benzene rings is 1. The zero-order valence-corrected chi connectivity index (χ0v) is 16.4. The Bertz CT molecular complexity index is 711. The SMILES string of the molecule is CC(C)(C)CC(=O)N(CCc1ccc(Cl)cc1Cl)Cc1ccccn1. The van der Waals surface area contributed by atoms with Crippen molar-refractivity contribution in [2.75, 3.05) is 6.54 Å². The Balaban J connectivity index is 2.11. The van der Waals surface area contributed by atoms with Crippen LogP contribution in [0.5, 0.6) is 0 Å². The molecule has 0 saturated heterocycles. The van der Waals surface area contributed by atoms with Gasteiger partial charge in [-0.3, -0.25) is 9.78 Å². The number of rotatable bonds is 6. The molecule has 1 aromatic carbocycles. The zero-order valence-electron chi connectivity index (χ0n) is 14.9. The van der Waals surface area contributed by atoms with Crippen LogP contribution in [0.4, 0.5) is 0 Å². The lowest BCUT2D eigenvalue weighted by Gasteiger charge is -2.27. The monoisotopic (exact) mass is 378 g/mol. The molecule has 0 atom stereocenters. The van der Waals surface area contributed by atoms with Crippen molar-refractivity contribution < 1.29 is 4.79 Å². The smallest absolute Gasteiger partial charge is 0.223 e. The average molecular weight is 379 g/mol. The van der Waals surface area contributed by atoms with E-state index >= 15 is 0 Å². The van der Waals surface area contributed by atoms with E-state index in [4.69, 9.17) is 23.2 Å². The minimum atomic E-state index is -0.0582. The van der Waals surface area contributed by atoms with Crippen molar-refractivity contribution in [2.45, 2.75) is 40.2 Å². The normalized spacial score (nSPS) is 11.4. The number of carbonyl (C=O) groups excluding carboxylic acids is 1. The van der Waals surface area contributed by atoms with Gasteiger partial charge < -0.3 is 4.90 Å². The van der Waals surface area contributed by atoms with E-state index in [-0.39, 0.29) is 11.3 Å². The van der Waals surface area contributed by atoms with Gasteiger partial charge in [0.1, 0.15) is 0 Å². The predicted octanol–water partition coefficient (Wildman–Crippen LogP) is 5.40. The molecule has 2 rings (SSSR count). The number of nitrogens with zero attached hydrogens (tertiary/aromatic N) is 2. The first kappa shape index (κ1) is 19.7. The van der Waals surface area contributed by atoms with Gasteiger partial charge in [0.05, 0.1) is 12.2 Å². The average Bonchev–Trinajstić information content (AvgIpc) is 2.52. The first-order chi connectivity index (χ1) is 11.7. The maximum absolute atomic E-state index is 12.8. The van der Waals surface area contributed by atoms with Crippen LogP contribution in [-0.4, -0.2) is 22.3 Å². The highest BCUT2D eigenvalue weighted by Crippen LogP contribution is 2.23. The molecule has 1 aromatic heterocycles. The van der Waals surface area contributed by atoms with Crippen LogP contribution < -0.4 is 0 Å². The fourth-order valence-corrected chi connectivity index (χ4v) is 3.03. The van der Waals surface area contributed by atoms with Crippen molar-refractivity contribution in [1.29, 1.82) is 0 Å². The van der Waals surface area contributed by atoms with Crippen molar-refractivity contribution in [3.05, 3.63) is 63.9 Å². The van der Waals surface area contributed by atoms with Crippen LogP contribution in [0.25, 0.3) is 0 Å². The van der Waals surface area contributed by atoms with Crippen LogP contribution in [0.1, 0.15) is 38.4 Å². The van der Waals surface area contributed by atoms with Crippen LogP contribution in [0.2, 0.25) is 10.0 Å². The van der Waals surface area contributed by atoms with Gasteiger partial charge in [-0.25, -0.2) is 0 Å². The standard InChI is InChI=1S/C20H24Cl2N2O/c1-20(2,3)13-19(25)24(14-17-6-4-5-10-23-17)11-9-15-7-8-16(21)12-18(15)22/h4-8,10,12H,9,11,13-14H2,1-3H3. The third-order valence-corrected chi connectivity index (χ3v) is 4.37. The summed E-state index contributed by atoms with van der Waals surface area (Å²) in [6.45, 7) is 7.30. The summed E-state index contributed by atoms with van der Waals surface area (Å²) in [5.74, 6) is 0.128. The Morgan fingerprint density at radius 2 is 1.92 bits per heavy atom. The van der Waals surface area contributed by atoms with E-state index in [9.17, 15) is 4.79 Å². The molecule has 0 aliphatic heterocycles. The fraction of sp³-hybridized carbons (Fsp3) is 0.400. The lowest BCUT2D eigenvalue weighted by Crippen LogP contribution is -2.35. The first-order valence-corrected chi connectivity index (χ1v) is 9.12. The molecular formula is C20H24Cl2N2O. The second kappa shape index (κ2) is 8.68. The molecule has 2 aromatic rings. The second-order valence-electron chi connectivity index (χ2n) is 7.36. The van der Waals surface area contributed by atoms with Gasteiger partial charge in [0.25, 0.3) is 0 Å². The molecule has 0 fully saturated rings.